The molecule has 1 aliphatic carbocycles. The third kappa shape index (κ3) is 3.67. The van der Waals surface area contributed by atoms with Crippen LogP contribution in [0.15, 0.2) is 12.1 Å². The molecule has 22 heavy (non-hydrogen) atoms. The number of ketones is 1. The van der Waals surface area contributed by atoms with Gasteiger partial charge in [-0.05, 0) is 30.5 Å². The Kier molecular flexibility index (Phi) is 5.21. The van der Waals surface area contributed by atoms with Crippen LogP contribution in [0.1, 0.15) is 54.1 Å². The molecular formula is C18H21NO3. The molecule has 116 valence electrons. The van der Waals surface area contributed by atoms with E-state index in [4.69, 9.17) is 5.11 Å². The van der Waals surface area contributed by atoms with E-state index in [0.717, 1.165) is 42.5 Å². The molecule has 0 saturated carbocycles. The van der Waals surface area contributed by atoms with E-state index in [1.165, 1.54) is 0 Å². The lowest BCUT2D eigenvalue weighted by Gasteiger charge is -2.19. The van der Waals surface area contributed by atoms with Gasteiger partial charge in [-0.25, -0.2) is 0 Å². The van der Waals surface area contributed by atoms with E-state index in [-0.39, 0.29) is 12.3 Å². The Morgan fingerprint density at radius 1 is 1.36 bits per heavy atom. The molecule has 0 spiro atoms. The second-order valence-corrected chi connectivity index (χ2v) is 5.60. The van der Waals surface area contributed by atoms with E-state index in [1.54, 1.807) is 18.0 Å². The summed E-state index contributed by atoms with van der Waals surface area (Å²) in [5.74, 6) is 5.52. The Morgan fingerprint density at radius 3 is 2.82 bits per heavy atom. The molecule has 4 nitrogen and oxygen atoms in total. The third-order valence-electron chi connectivity index (χ3n) is 3.81. The minimum atomic E-state index is -0.904. The zero-order valence-electron chi connectivity index (χ0n) is 13.1. The number of Topliss-reactive ketones (excluding diaryl/α,β-unsaturated/α-hetero) is 1. The summed E-state index contributed by atoms with van der Waals surface area (Å²) >= 11 is 0. The normalized spacial score (nSPS) is 12.5. The van der Waals surface area contributed by atoms with E-state index >= 15 is 0 Å². The molecule has 2 rings (SSSR count). The van der Waals surface area contributed by atoms with Crippen LogP contribution in [0.5, 0.6) is 0 Å². The quantitative estimate of drug-likeness (QED) is 0.671. The van der Waals surface area contributed by atoms with Gasteiger partial charge < -0.3 is 10.0 Å². The highest BCUT2D eigenvalue weighted by molar-refractivity contribution is 6.01. The zero-order chi connectivity index (χ0) is 16.1. The molecule has 0 aliphatic heterocycles. The van der Waals surface area contributed by atoms with E-state index in [1.807, 2.05) is 6.07 Å². The number of aryl methyl sites for hydroxylation is 1. The van der Waals surface area contributed by atoms with Gasteiger partial charge in [0.1, 0.15) is 6.54 Å². The number of carboxylic acid groups (broad SMARTS) is 1. The molecule has 0 heterocycles. The van der Waals surface area contributed by atoms with Gasteiger partial charge in [-0.15, -0.1) is 0 Å². The number of rotatable bonds is 5. The van der Waals surface area contributed by atoms with Crippen LogP contribution in [-0.4, -0.2) is 30.5 Å². The Morgan fingerprint density at radius 2 is 2.14 bits per heavy atom. The van der Waals surface area contributed by atoms with Crippen molar-refractivity contribution in [1.29, 1.82) is 0 Å². The summed E-state index contributed by atoms with van der Waals surface area (Å²) < 4.78 is 0. The summed E-state index contributed by atoms with van der Waals surface area (Å²) in [5.41, 5.74) is 3.28. The number of likely N-dealkylation sites (N-methyl/N-ethyl adjacent to an activating group) is 1. The van der Waals surface area contributed by atoms with Crippen molar-refractivity contribution in [3.8, 4) is 11.8 Å². The fourth-order valence-corrected chi connectivity index (χ4v) is 2.61. The summed E-state index contributed by atoms with van der Waals surface area (Å²) in [5, 5.41) is 8.98. The van der Waals surface area contributed by atoms with Gasteiger partial charge in [0.15, 0.2) is 5.78 Å². The number of hydrogen-bond donors (Lipinski definition) is 1. The third-order valence-corrected chi connectivity index (χ3v) is 3.81. The van der Waals surface area contributed by atoms with Crippen molar-refractivity contribution >= 4 is 17.4 Å². The predicted molar refractivity (Wildman–Crippen MR) is 86.4 cm³/mol. The standard InChI is InChI=1S/C18H21NO3/c1-3-4-5-6-7-14-10-13-8-9-17(20)15(13)11-16(14)19(2)12-18(21)22/h10-11H,3-5,8-9,12H2,1-2H3,(H,21,22). The summed E-state index contributed by atoms with van der Waals surface area (Å²) in [6.07, 6.45) is 4.26. The van der Waals surface area contributed by atoms with Crippen LogP contribution in [0.4, 0.5) is 5.69 Å². The molecule has 0 radical (unpaired) electrons. The van der Waals surface area contributed by atoms with Crippen LogP contribution >= 0.6 is 0 Å². The van der Waals surface area contributed by atoms with Crippen LogP contribution in [0, 0.1) is 11.8 Å². The second-order valence-electron chi connectivity index (χ2n) is 5.60. The van der Waals surface area contributed by atoms with Crippen LogP contribution in [0.25, 0.3) is 0 Å². The van der Waals surface area contributed by atoms with Crippen molar-refractivity contribution < 1.29 is 14.7 Å². The number of benzene rings is 1. The number of hydrogen-bond acceptors (Lipinski definition) is 3. The first-order valence-electron chi connectivity index (χ1n) is 7.64. The average molecular weight is 299 g/mol. The fourth-order valence-electron chi connectivity index (χ4n) is 2.61. The highest BCUT2D eigenvalue weighted by Gasteiger charge is 2.22. The second kappa shape index (κ2) is 7.13. The number of nitrogens with zero attached hydrogens (tertiary/aromatic N) is 1. The van der Waals surface area contributed by atoms with Gasteiger partial charge in [0.05, 0.1) is 5.69 Å². The van der Waals surface area contributed by atoms with Crippen LogP contribution in [-0.2, 0) is 11.2 Å². The lowest BCUT2D eigenvalue weighted by molar-refractivity contribution is -0.135. The van der Waals surface area contributed by atoms with E-state index < -0.39 is 5.97 Å². The van der Waals surface area contributed by atoms with Gasteiger partial charge in [0.2, 0.25) is 0 Å². The summed E-state index contributed by atoms with van der Waals surface area (Å²) in [6, 6.07) is 3.75. The summed E-state index contributed by atoms with van der Waals surface area (Å²) in [4.78, 5) is 24.5. The van der Waals surface area contributed by atoms with Gasteiger partial charge in [-0.2, -0.15) is 0 Å². The average Bonchev–Trinajstić information content (AvgIpc) is 2.83. The monoisotopic (exact) mass is 299 g/mol. The molecule has 1 N–H and O–H groups in total. The first-order valence-corrected chi connectivity index (χ1v) is 7.64. The van der Waals surface area contributed by atoms with E-state index in [9.17, 15) is 9.59 Å². The van der Waals surface area contributed by atoms with Crippen molar-refractivity contribution in [2.45, 2.75) is 39.0 Å². The Labute approximate surface area is 131 Å². The van der Waals surface area contributed by atoms with Crippen molar-refractivity contribution in [2.24, 2.45) is 0 Å². The van der Waals surface area contributed by atoms with Crippen molar-refractivity contribution in [2.75, 3.05) is 18.5 Å². The molecular weight excluding hydrogens is 278 g/mol. The van der Waals surface area contributed by atoms with Crippen LogP contribution in [0.2, 0.25) is 0 Å². The van der Waals surface area contributed by atoms with Gasteiger partial charge in [0.25, 0.3) is 0 Å². The van der Waals surface area contributed by atoms with Gasteiger partial charge in [-0.1, -0.05) is 25.2 Å². The number of carbonyl (C=O) groups excluding carboxylic acids is 1. The van der Waals surface area contributed by atoms with Crippen molar-refractivity contribution in [1.82, 2.24) is 0 Å². The van der Waals surface area contributed by atoms with Crippen molar-refractivity contribution in [3.05, 3.63) is 28.8 Å². The molecule has 0 atom stereocenters. The van der Waals surface area contributed by atoms with Crippen molar-refractivity contribution in [3.63, 3.8) is 0 Å². The largest absolute Gasteiger partial charge is 0.480 e. The number of anilines is 1. The zero-order valence-corrected chi connectivity index (χ0v) is 13.1. The lowest BCUT2D eigenvalue weighted by Crippen LogP contribution is -2.26. The molecule has 0 aromatic heterocycles. The Hall–Kier alpha value is -2.28. The number of carboxylic acids is 1. The lowest BCUT2D eigenvalue weighted by atomic mass is 10.0. The van der Waals surface area contributed by atoms with Gasteiger partial charge in [0, 0.05) is 31.0 Å². The Bertz CT molecular complexity index is 652. The Balaban J connectivity index is 2.38. The van der Waals surface area contributed by atoms with E-state index in [2.05, 4.69) is 18.8 Å². The maximum Gasteiger partial charge on any atom is 0.323 e. The summed E-state index contributed by atoms with van der Waals surface area (Å²) in [7, 11) is 1.71. The van der Waals surface area contributed by atoms with Gasteiger partial charge >= 0.3 is 5.97 Å². The predicted octanol–water partition coefficient (Wildman–Crippen LogP) is 2.88. The smallest absolute Gasteiger partial charge is 0.323 e. The minimum Gasteiger partial charge on any atom is -0.480 e. The van der Waals surface area contributed by atoms with Crippen LogP contribution < -0.4 is 4.90 Å². The number of aliphatic carboxylic acids is 1. The fraction of sp³-hybridized carbons (Fsp3) is 0.444. The number of carbonyl (C=O) groups is 2. The number of fused-ring (bicyclic) bond motifs is 1. The molecule has 0 bridgehead atoms. The molecule has 0 saturated heterocycles. The molecule has 0 fully saturated rings. The molecule has 1 aromatic carbocycles. The maximum atomic E-state index is 11.9. The highest BCUT2D eigenvalue weighted by atomic mass is 16.4. The maximum absolute atomic E-state index is 11.9. The first kappa shape index (κ1) is 16.1. The molecule has 0 amide bonds. The summed E-state index contributed by atoms with van der Waals surface area (Å²) in [6.45, 7) is 2.01. The van der Waals surface area contributed by atoms with Crippen LogP contribution in [0.3, 0.4) is 0 Å². The topological polar surface area (TPSA) is 57.6 Å². The van der Waals surface area contributed by atoms with E-state index in [0.29, 0.717) is 12.0 Å². The molecule has 4 heteroatoms. The SMILES string of the molecule is CCCCC#Cc1cc2c(cc1N(C)CC(=O)O)C(=O)CC2. The molecule has 1 aliphatic rings. The first-order chi connectivity index (χ1) is 10.5. The minimum absolute atomic E-state index is 0.114. The molecule has 0 unspecified atom stereocenters. The molecule has 1 aromatic rings. The van der Waals surface area contributed by atoms with Gasteiger partial charge in [-0.3, -0.25) is 9.59 Å². The number of unbranched alkanes of at least 4 members (excludes halogenated alkanes) is 2. The highest BCUT2D eigenvalue weighted by Crippen LogP contribution is 2.30.